The molecule has 27 heavy (non-hydrogen) atoms. The Labute approximate surface area is 165 Å². The molecule has 0 N–H and O–H groups in total. The van der Waals surface area contributed by atoms with Crippen molar-refractivity contribution in [2.24, 2.45) is 0 Å². The summed E-state index contributed by atoms with van der Waals surface area (Å²) in [5, 5.41) is 0.900. The average molecular weight is 386 g/mol. The van der Waals surface area contributed by atoms with E-state index >= 15 is 0 Å². The van der Waals surface area contributed by atoms with E-state index in [2.05, 4.69) is 47.1 Å². The molecule has 1 aliphatic heterocycles. The third-order valence-electron chi connectivity index (χ3n) is 6.55. The summed E-state index contributed by atoms with van der Waals surface area (Å²) in [5.41, 5.74) is 7.29. The molecule has 2 fully saturated rings. The highest BCUT2D eigenvalue weighted by Gasteiger charge is 2.46. The van der Waals surface area contributed by atoms with Crippen LogP contribution < -0.4 is 0 Å². The predicted octanol–water partition coefficient (Wildman–Crippen LogP) is 6.16. The Morgan fingerprint density at radius 1 is 1.11 bits per heavy atom. The Kier molecular flexibility index (Phi) is 4.12. The van der Waals surface area contributed by atoms with E-state index in [1.165, 1.54) is 46.2 Å². The molecule has 2 aromatic carbocycles. The first-order valence-electron chi connectivity index (χ1n) is 9.94. The second-order valence-corrected chi connectivity index (χ2v) is 9.27. The Morgan fingerprint density at radius 2 is 1.89 bits per heavy atom. The van der Waals surface area contributed by atoms with E-state index in [0.29, 0.717) is 25.0 Å². The molecule has 1 saturated heterocycles. The molecule has 0 aromatic heterocycles. The van der Waals surface area contributed by atoms with Crippen molar-refractivity contribution in [1.82, 2.24) is 4.90 Å². The third kappa shape index (κ3) is 3.00. The van der Waals surface area contributed by atoms with Gasteiger partial charge in [-0.15, -0.1) is 0 Å². The van der Waals surface area contributed by atoms with Crippen molar-refractivity contribution in [2.75, 3.05) is 13.1 Å². The van der Waals surface area contributed by atoms with E-state index < -0.39 is 5.60 Å². The number of benzene rings is 2. The fourth-order valence-electron chi connectivity index (χ4n) is 5.04. The summed E-state index contributed by atoms with van der Waals surface area (Å²) in [7, 11) is 0. The fourth-order valence-corrected chi connectivity index (χ4v) is 5.37. The zero-order valence-corrected chi connectivity index (χ0v) is 16.7. The maximum absolute atomic E-state index is 12.7. The zero-order chi connectivity index (χ0) is 18.8. The molecule has 0 spiro atoms. The van der Waals surface area contributed by atoms with Gasteiger partial charge in [0.25, 0.3) is 0 Å². The van der Waals surface area contributed by atoms with Crippen LogP contribution in [-0.2, 0) is 11.4 Å². The lowest BCUT2D eigenvalue weighted by atomic mass is 9.90. The maximum atomic E-state index is 12.7. The van der Waals surface area contributed by atoms with Crippen molar-refractivity contribution in [2.45, 2.75) is 57.1 Å². The van der Waals surface area contributed by atoms with Gasteiger partial charge < -0.3 is 0 Å². The second-order valence-electron chi connectivity index (χ2n) is 8.86. The third-order valence-corrected chi connectivity index (χ3v) is 6.87. The highest BCUT2D eigenvalue weighted by molar-refractivity contribution is 6.31. The fraction of sp³-hybridized carbons (Fsp3) is 0.478. The SMILES string of the molecule is Cc1cc(-c2ccc(C3CC3)c(Cl)c2)cc2c1C(N1CC(C)(OF)C1)CC2. The van der Waals surface area contributed by atoms with Crippen LogP contribution in [0.3, 0.4) is 0 Å². The van der Waals surface area contributed by atoms with E-state index in [9.17, 15) is 4.53 Å². The summed E-state index contributed by atoms with van der Waals surface area (Å²) >= 11 is 6.55. The summed E-state index contributed by atoms with van der Waals surface area (Å²) in [6.07, 6.45) is 4.71. The van der Waals surface area contributed by atoms with Crippen LogP contribution in [-0.4, -0.2) is 23.6 Å². The molecule has 0 amide bonds. The minimum Gasteiger partial charge on any atom is -0.290 e. The number of hydrogen-bond donors (Lipinski definition) is 0. The van der Waals surface area contributed by atoms with Crippen LogP contribution in [0.25, 0.3) is 11.1 Å². The first-order valence-corrected chi connectivity index (χ1v) is 10.3. The van der Waals surface area contributed by atoms with Crippen molar-refractivity contribution < 1.29 is 9.47 Å². The van der Waals surface area contributed by atoms with E-state index in [0.717, 1.165) is 17.9 Å². The normalized spacial score (nSPS) is 23.9. The quantitative estimate of drug-likeness (QED) is 0.625. The molecule has 5 rings (SSSR count). The highest BCUT2D eigenvalue weighted by atomic mass is 35.5. The number of nitrogens with zero attached hydrogens (tertiary/aromatic N) is 1. The Bertz CT molecular complexity index is 901. The summed E-state index contributed by atoms with van der Waals surface area (Å²) in [5.74, 6) is 0.671. The average Bonchev–Trinajstić information content (AvgIpc) is 3.37. The standard InChI is InChI=1S/C23H25ClFNO/c1-14-9-18(16-5-7-19(15-3-4-15)20(24)11-16)10-17-6-8-21(22(14)17)26-12-23(2,13-26)27-25/h5,7,9-11,15,21H,3-4,6,8,12-13H2,1-2H3. The van der Waals surface area contributed by atoms with E-state index in [-0.39, 0.29) is 0 Å². The number of rotatable bonds is 4. The van der Waals surface area contributed by atoms with Crippen LogP contribution in [0.1, 0.15) is 60.4 Å². The molecule has 1 unspecified atom stereocenters. The van der Waals surface area contributed by atoms with Gasteiger partial charge in [0.15, 0.2) is 0 Å². The Balaban J connectivity index is 1.43. The van der Waals surface area contributed by atoms with Crippen molar-refractivity contribution in [1.29, 1.82) is 0 Å². The van der Waals surface area contributed by atoms with Crippen molar-refractivity contribution >= 4 is 11.6 Å². The van der Waals surface area contributed by atoms with Gasteiger partial charge in [-0.3, -0.25) is 4.90 Å². The summed E-state index contributed by atoms with van der Waals surface area (Å²) in [6, 6.07) is 11.5. The Morgan fingerprint density at radius 3 is 2.56 bits per heavy atom. The molecule has 0 bridgehead atoms. The molecule has 0 radical (unpaired) electrons. The number of halogens is 2. The molecular weight excluding hydrogens is 361 g/mol. The van der Waals surface area contributed by atoms with Gasteiger partial charge >= 0.3 is 0 Å². The highest BCUT2D eigenvalue weighted by Crippen LogP contribution is 2.46. The monoisotopic (exact) mass is 385 g/mol. The second kappa shape index (κ2) is 6.30. The van der Waals surface area contributed by atoms with Crippen LogP contribution in [0.4, 0.5) is 4.53 Å². The first kappa shape index (κ1) is 17.7. The van der Waals surface area contributed by atoms with Gasteiger partial charge in [-0.05, 0) is 89.4 Å². The lowest BCUT2D eigenvalue weighted by Crippen LogP contribution is -2.60. The minimum atomic E-state index is -0.628. The van der Waals surface area contributed by atoms with Crippen molar-refractivity contribution in [3.8, 4) is 11.1 Å². The van der Waals surface area contributed by atoms with E-state index in [1.807, 2.05) is 6.92 Å². The molecule has 1 atom stereocenters. The number of hydrogen-bond acceptors (Lipinski definition) is 2. The van der Waals surface area contributed by atoms with Gasteiger partial charge in [0.05, 0.1) is 0 Å². The molecule has 142 valence electrons. The van der Waals surface area contributed by atoms with Crippen LogP contribution in [0.5, 0.6) is 0 Å². The van der Waals surface area contributed by atoms with Crippen LogP contribution in [0.2, 0.25) is 5.02 Å². The number of aryl methyl sites for hydroxylation is 2. The maximum Gasteiger partial charge on any atom is 0.131 e. The zero-order valence-electron chi connectivity index (χ0n) is 15.9. The molecular formula is C23H25ClFNO. The lowest BCUT2D eigenvalue weighted by Gasteiger charge is -2.48. The van der Waals surface area contributed by atoms with E-state index in [1.54, 1.807) is 0 Å². The van der Waals surface area contributed by atoms with Gasteiger partial charge in [-0.1, -0.05) is 35.9 Å². The van der Waals surface area contributed by atoms with Crippen molar-refractivity contribution in [3.63, 3.8) is 0 Å². The molecule has 2 nitrogen and oxygen atoms in total. The van der Waals surface area contributed by atoms with Crippen LogP contribution >= 0.6 is 11.6 Å². The van der Waals surface area contributed by atoms with Gasteiger partial charge in [0.1, 0.15) is 5.60 Å². The molecule has 2 aliphatic carbocycles. The molecule has 1 heterocycles. The summed E-state index contributed by atoms with van der Waals surface area (Å²) in [4.78, 5) is 6.49. The first-order chi connectivity index (χ1) is 13.0. The topological polar surface area (TPSA) is 12.5 Å². The molecule has 3 aliphatic rings. The van der Waals surface area contributed by atoms with E-state index in [4.69, 9.17) is 11.6 Å². The number of fused-ring (bicyclic) bond motifs is 1. The Hall–Kier alpha value is -1.42. The van der Waals surface area contributed by atoms with Crippen molar-refractivity contribution in [3.05, 3.63) is 57.6 Å². The summed E-state index contributed by atoms with van der Waals surface area (Å²) in [6.45, 7) is 5.36. The van der Waals surface area contributed by atoms with Gasteiger partial charge in [-0.2, -0.15) is 4.94 Å². The van der Waals surface area contributed by atoms with Gasteiger partial charge in [-0.25, -0.2) is 0 Å². The largest absolute Gasteiger partial charge is 0.290 e. The van der Waals surface area contributed by atoms with Gasteiger partial charge in [0, 0.05) is 24.2 Å². The predicted molar refractivity (Wildman–Crippen MR) is 107 cm³/mol. The van der Waals surface area contributed by atoms with Crippen LogP contribution in [0, 0.1) is 6.92 Å². The smallest absolute Gasteiger partial charge is 0.131 e. The van der Waals surface area contributed by atoms with Crippen LogP contribution in [0.15, 0.2) is 30.3 Å². The summed E-state index contributed by atoms with van der Waals surface area (Å²) < 4.78 is 12.7. The van der Waals surface area contributed by atoms with Gasteiger partial charge in [0.2, 0.25) is 0 Å². The lowest BCUT2D eigenvalue weighted by molar-refractivity contribution is -0.278. The minimum absolute atomic E-state index is 0.387. The molecule has 4 heteroatoms. The number of likely N-dealkylation sites (tertiary alicyclic amines) is 1. The molecule has 2 aromatic rings. The molecule has 1 saturated carbocycles.